The van der Waals surface area contributed by atoms with E-state index >= 15 is 0 Å². The van der Waals surface area contributed by atoms with E-state index in [1.54, 1.807) is 43.7 Å². The summed E-state index contributed by atoms with van der Waals surface area (Å²) < 4.78 is 21.6. The molecule has 0 atom stereocenters. The van der Waals surface area contributed by atoms with E-state index in [-0.39, 0.29) is 23.6 Å². The molecule has 0 amide bonds. The molecular weight excluding hydrogens is 335 g/mol. The van der Waals surface area contributed by atoms with Gasteiger partial charge >= 0.3 is 5.97 Å². The number of aromatic nitrogens is 2. The van der Waals surface area contributed by atoms with Crippen LogP contribution in [0.1, 0.15) is 36.2 Å². The van der Waals surface area contributed by atoms with Crippen molar-refractivity contribution in [3.63, 3.8) is 0 Å². The number of pyridine rings is 2. The number of rotatable bonds is 4. The summed E-state index contributed by atoms with van der Waals surface area (Å²) in [6.07, 6.45) is 6.66. The molecule has 4 rings (SSSR count). The number of carbonyl (C=O) groups is 1. The Morgan fingerprint density at radius 1 is 1.31 bits per heavy atom. The van der Waals surface area contributed by atoms with Crippen molar-refractivity contribution in [2.75, 3.05) is 6.61 Å². The Hall–Kier alpha value is -3.02. The summed E-state index contributed by atoms with van der Waals surface area (Å²) in [5, 5.41) is 0.192. The average Bonchev–Trinajstić information content (AvgIpc) is 3.48. The molecule has 5 nitrogen and oxygen atoms in total. The van der Waals surface area contributed by atoms with E-state index in [0.29, 0.717) is 16.6 Å². The van der Waals surface area contributed by atoms with Gasteiger partial charge in [0.05, 0.1) is 12.1 Å². The fraction of sp³-hybridized carbons (Fsp3) is 0.250. The van der Waals surface area contributed by atoms with Crippen LogP contribution in [0.3, 0.4) is 0 Å². The highest BCUT2D eigenvalue weighted by molar-refractivity contribution is 5.95. The van der Waals surface area contributed by atoms with Gasteiger partial charge < -0.3 is 9.30 Å². The Morgan fingerprint density at radius 3 is 2.69 bits per heavy atom. The lowest BCUT2D eigenvalue weighted by Gasteiger charge is -2.14. The number of hydrogen-bond donors (Lipinski definition) is 0. The van der Waals surface area contributed by atoms with Crippen molar-refractivity contribution >= 4 is 16.9 Å². The van der Waals surface area contributed by atoms with Crippen LogP contribution in [0.5, 0.6) is 0 Å². The lowest BCUT2D eigenvalue weighted by Crippen LogP contribution is -2.21. The summed E-state index contributed by atoms with van der Waals surface area (Å²) in [7, 11) is 0. The molecule has 0 N–H and O–H groups in total. The van der Waals surface area contributed by atoms with Crippen molar-refractivity contribution in [2.24, 2.45) is 0 Å². The molecule has 0 unspecified atom stereocenters. The van der Waals surface area contributed by atoms with Gasteiger partial charge in [-0.1, -0.05) is 0 Å². The highest BCUT2D eigenvalue weighted by atomic mass is 19.1. The van der Waals surface area contributed by atoms with Crippen LogP contribution in [-0.2, 0) is 4.74 Å². The summed E-state index contributed by atoms with van der Waals surface area (Å²) in [6, 6.07) is 6.54. The van der Waals surface area contributed by atoms with Crippen LogP contribution >= 0.6 is 0 Å². The highest BCUT2D eigenvalue weighted by Gasteiger charge is 2.27. The second kappa shape index (κ2) is 6.37. The maximum absolute atomic E-state index is 14.7. The number of nitrogens with zero attached hydrogens (tertiary/aromatic N) is 2. The van der Waals surface area contributed by atoms with Gasteiger partial charge in [-0.25, -0.2) is 9.18 Å². The minimum Gasteiger partial charge on any atom is -0.462 e. The molecule has 0 bridgehead atoms. The van der Waals surface area contributed by atoms with Crippen molar-refractivity contribution in [1.29, 1.82) is 0 Å². The Kier molecular flexibility index (Phi) is 4.03. The normalized spacial score (nSPS) is 13.8. The summed E-state index contributed by atoms with van der Waals surface area (Å²) in [4.78, 5) is 28.8. The zero-order valence-corrected chi connectivity index (χ0v) is 14.2. The van der Waals surface area contributed by atoms with E-state index in [4.69, 9.17) is 4.74 Å². The van der Waals surface area contributed by atoms with Crippen molar-refractivity contribution in [3.05, 3.63) is 64.5 Å². The highest BCUT2D eigenvalue weighted by Crippen LogP contribution is 2.38. The Bertz CT molecular complexity index is 1060. The average molecular weight is 352 g/mol. The SMILES string of the molecule is CCOC(=O)c1cn(C2CC2)c2cc(-c3ccncc3)c(F)cc2c1=O. The topological polar surface area (TPSA) is 61.2 Å². The molecular formula is C20H17FN2O3. The Balaban J connectivity index is 1.99. The molecule has 1 fully saturated rings. The van der Waals surface area contributed by atoms with Crippen LogP contribution in [0.4, 0.5) is 4.39 Å². The number of hydrogen-bond acceptors (Lipinski definition) is 4. The first-order valence-corrected chi connectivity index (χ1v) is 8.56. The number of esters is 1. The third-order valence-electron chi connectivity index (χ3n) is 4.55. The molecule has 1 aliphatic rings. The quantitative estimate of drug-likeness (QED) is 0.672. The lowest BCUT2D eigenvalue weighted by molar-refractivity contribution is 0.0524. The predicted octanol–water partition coefficient (Wildman–Crippen LogP) is 3.71. The van der Waals surface area contributed by atoms with E-state index in [0.717, 1.165) is 12.8 Å². The predicted molar refractivity (Wildman–Crippen MR) is 95.6 cm³/mol. The third kappa shape index (κ3) is 2.77. The molecule has 2 aromatic heterocycles. The molecule has 132 valence electrons. The van der Waals surface area contributed by atoms with Crippen molar-refractivity contribution in [3.8, 4) is 11.1 Å². The van der Waals surface area contributed by atoms with Gasteiger partial charge in [0.25, 0.3) is 0 Å². The lowest BCUT2D eigenvalue weighted by atomic mass is 10.0. The fourth-order valence-electron chi connectivity index (χ4n) is 3.13. The molecule has 2 heterocycles. The molecule has 1 saturated carbocycles. The zero-order chi connectivity index (χ0) is 18.3. The number of benzene rings is 1. The summed E-state index contributed by atoms with van der Waals surface area (Å²) in [6.45, 7) is 1.86. The van der Waals surface area contributed by atoms with E-state index < -0.39 is 17.2 Å². The van der Waals surface area contributed by atoms with E-state index in [1.165, 1.54) is 6.07 Å². The first kappa shape index (κ1) is 16.4. The largest absolute Gasteiger partial charge is 0.462 e. The molecule has 0 spiro atoms. The van der Waals surface area contributed by atoms with Crippen LogP contribution in [-0.4, -0.2) is 22.1 Å². The van der Waals surface area contributed by atoms with Crippen molar-refractivity contribution in [1.82, 2.24) is 9.55 Å². The minimum absolute atomic E-state index is 0.0534. The molecule has 1 aliphatic carbocycles. The monoisotopic (exact) mass is 352 g/mol. The van der Waals surface area contributed by atoms with Gasteiger partial charge in [-0.05, 0) is 49.6 Å². The van der Waals surface area contributed by atoms with Gasteiger partial charge in [0, 0.05) is 35.6 Å². The minimum atomic E-state index is -0.674. The molecule has 26 heavy (non-hydrogen) atoms. The molecule has 6 heteroatoms. The van der Waals surface area contributed by atoms with Crippen LogP contribution in [0.2, 0.25) is 0 Å². The summed E-state index contributed by atoms with van der Waals surface area (Å²) in [5.41, 5.74) is 1.15. The third-order valence-corrected chi connectivity index (χ3v) is 4.55. The first-order valence-electron chi connectivity index (χ1n) is 8.56. The van der Waals surface area contributed by atoms with Gasteiger partial charge in [-0.15, -0.1) is 0 Å². The second-order valence-electron chi connectivity index (χ2n) is 6.32. The molecule has 0 radical (unpaired) electrons. The van der Waals surface area contributed by atoms with E-state index in [2.05, 4.69) is 4.98 Å². The van der Waals surface area contributed by atoms with Crippen LogP contribution in [0, 0.1) is 5.82 Å². The Morgan fingerprint density at radius 2 is 2.04 bits per heavy atom. The van der Waals surface area contributed by atoms with E-state index in [1.807, 2.05) is 4.57 Å². The number of halogens is 1. The number of fused-ring (bicyclic) bond motifs is 1. The van der Waals surface area contributed by atoms with Crippen LogP contribution in [0.25, 0.3) is 22.0 Å². The molecule has 0 saturated heterocycles. The van der Waals surface area contributed by atoms with Gasteiger partial charge in [-0.3, -0.25) is 9.78 Å². The maximum Gasteiger partial charge on any atom is 0.343 e. The van der Waals surface area contributed by atoms with Crippen LogP contribution in [0.15, 0.2) is 47.7 Å². The second-order valence-corrected chi connectivity index (χ2v) is 6.32. The molecule has 1 aromatic carbocycles. The number of ether oxygens (including phenoxy) is 1. The van der Waals surface area contributed by atoms with Crippen molar-refractivity contribution in [2.45, 2.75) is 25.8 Å². The number of carbonyl (C=O) groups excluding carboxylic acids is 1. The summed E-state index contributed by atoms with van der Waals surface area (Å²) >= 11 is 0. The smallest absolute Gasteiger partial charge is 0.343 e. The zero-order valence-electron chi connectivity index (χ0n) is 14.2. The molecule has 3 aromatic rings. The first-order chi connectivity index (χ1) is 12.6. The van der Waals surface area contributed by atoms with Crippen molar-refractivity contribution < 1.29 is 13.9 Å². The summed E-state index contributed by atoms with van der Waals surface area (Å²) in [5.74, 6) is -1.18. The van der Waals surface area contributed by atoms with Gasteiger partial charge in [-0.2, -0.15) is 0 Å². The fourth-order valence-corrected chi connectivity index (χ4v) is 3.13. The maximum atomic E-state index is 14.7. The van der Waals surface area contributed by atoms with Gasteiger partial charge in [0.2, 0.25) is 5.43 Å². The Labute approximate surface area is 149 Å². The molecule has 0 aliphatic heterocycles. The van der Waals surface area contributed by atoms with Gasteiger partial charge in [0.1, 0.15) is 11.4 Å². The standard InChI is InChI=1S/C20H17FN2O3/c1-2-26-20(25)16-11-23(13-3-4-13)18-10-14(12-5-7-22-8-6-12)17(21)9-15(18)19(16)24/h5-11,13H,2-4H2,1H3. The van der Waals surface area contributed by atoms with E-state index in [9.17, 15) is 14.0 Å². The van der Waals surface area contributed by atoms with Crippen LogP contribution < -0.4 is 5.43 Å². The van der Waals surface area contributed by atoms with Gasteiger partial charge in [0.15, 0.2) is 0 Å².